The number of nitrogens with two attached hydrogens (primary N) is 1. The summed E-state index contributed by atoms with van der Waals surface area (Å²) in [6.45, 7) is 0. The predicted molar refractivity (Wildman–Crippen MR) is 64.3 cm³/mol. The summed E-state index contributed by atoms with van der Waals surface area (Å²) in [5.74, 6) is -2.42. The maximum atomic E-state index is 13.6. The van der Waals surface area contributed by atoms with Gasteiger partial charge in [-0.25, -0.2) is 8.78 Å². The molecule has 1 aliphatic carbocycles. The first-order chi connectivity index (χ1) is 7.97. The second kappa shape index (κ2) is 5.30. The molecule has 0 radical (unpaired) electrons. The topological polar surface area (TPSA) is 63.3 Å². The summed E-state index contributed by atoms with van der Waals surface area (Å²) < 4.78 is 27.3. The van der Waals surface area contributed by atoms with E-state index in [2.05, 4.69) is 0 Å². The lowest BCUT2D eigenvalue weighted by atomic mass is 9.74. The third kappa shape index (κ3) is 2.25. The molecule has 0 aliphatic heterocycles. The Hall–Kier alpha value is -1.04. The average molecular weight is 278 g/mol. The maximum Gasteiger partial charge on any atom is 0.185 e. The Kier molecular flexibility index (Phi) is 4.42. The first-order valence-corrected chi connectivity index (χ1v) is 5.42. The van der Waals surface area contributed by atoms with E-state index in [1.807, 2.05) is 0 Å². The van der Waals surface area contributed by atoms with Gasteiger partial charge in [0.15, 0.2) is 5.78 Å². The predicted octanol–water partition coefficient (Wildman–Crippen LogP) is 1.65. The highest BCUT2D eigenvalue weighted by Crippen LogP contribution is 2.35. The second-order valence-electron chi connectivity index (χ2n) is 4.34. The van der Waals surface area contributed by atoms with Crippen LogP contribution in [0.15, 0.2) is 18.2 Å². The third-order valence-electron chi connectivity index (χ3n) is 3.20. The Balaban J connectivity index is 0.00000162. The third-order valence-corrected chi connectivity index (χ3v) is 3.20. The zero-order valence-corrected chi connectivity index (χ0v) is 10.3. The van der Waals surface area contributed by atoms with Crippen LogP contribution in [0.5, 0.6) is 0 Å². The van der Waals surface area contributed by atoms with Gasteiger partial charge in [-0.05, 0) is 31.4 Å². The molecule has 1 aliphatic rings. The van der Waals surface area contributed by atoms with E-state index >= 15 is 0 Å². The van der Waals surface area contributed by atoms with E-state index in [0.717, 1.165) is 12.1 Å². The summed E-state index contributed by atoms with van der Waals surface area (Å²) >= 11 is 0. The molecule has 0 heterocycles. The van der Waals surface area contributed by atoms with E-state index < -0.39 is 34.6 Å². The average Bonchev–Trinajstić information content (AvgIpc) is 2.26. The maximum absolute atomic E-state index is 13.6. The van der Waals surface area contributed by atoms with Crippen molar-refractivity contribution in [3.8, 4) is 0 Å². The lowest BCUT2D eigenvalue weighted by molar-refractivity contribution is -0.136. The summed E-state index contributed by atoms with van der Waals surface area (Å²) in [6.07, 6.45) is -0.362. The van der Waals surface area contributed by atoms with E-state index in [1.165, 1.54) is 6.07 Å². The summed E-state index contributed by atoms with van der Waals surface area (Å²) in [6, 6.07) is 3.32. The van der Waals surface area contributed by atoms with Crippen molar-refractivity contribution in [2.24, 2.45) is 5.73 Å². The van der Waals surface area contributed by atoms with Gasteiger partial charge in [0.2, 0.25) is 0 Å². The van der Waals surface area contributed by atoms with Gasteiger partial charge in [-0.1, -0.05) is 6.07 Å². The molecule has 3 nitrogen and oxygen atoms in total. The molecule has 100 valence electrons. The van der Waals surface area contributed by atoms with Gasteiger partial charge in [0, 0.05) is 0 Å². The molecule has 2 atom stereocenters. The van der Waals surface area contributed by atoms with E-state index in [-0.39, 0.29) is 25.2 Å². The van der Waals surface area contributed by atoms with Crippen LogP contribution in [0.1, 0.15) is 24.8 Å². The number of Topliss-reactive ketones (excluding diaryl/α,β-unsaturated/α-hetero) is 1. The van der Waals surface area contributed by atoms with Crippen LogP contribution in [0.3, 0.4) is 0 Å². The molecular formula is C12H14ClF2NO2. The Labute approximate surface area is 109 Å². The Morgan fingerprint density at radius 2 is 1.89 bits per heavy atom. The van der Waals surface area contributed by atoms with E-state index in [1.54, 1.807) is 0 Å². The van der Waals surface area contributed by atoms with Gasteiger partial charge in [0.05, 0.1) is 5.56 Å². The van der Waals surface area contributed by atoms with Gasteiger partial charge >= 0.3 is 0 Å². The van der Waals surface area contributed by atoms with Gasteiger partial charge in [0.1, 0.15) is 23.3 Å². The minimum absolute atomic E-state index is 0. The van der Waals surface area contributed by atoms with Crippen molar-refractivity contribution >= 4 is 18.2 Å². The van der Waals surface area contributed by atoms with Crippen LogP contribution in [0.2, 0.25) is 0 Å². The highest BCUT2D eigenvalue weighted by molar-refractivity contribution is 5.93. The van der Waals surface area contributed by atoms with E-state index in [9.17, 15) is 18.7 Å². The number of ketones is 1. The minimum Gasteiger partial charge on any atom is -0.385 e. The van der Waals surface area contributed by atoms with Crippen LogP contribution in [0.25, 0.3) is 0 Å². The lowest BCUT2D eigenvalue weighted by Gasteiger charge is -2.35. The molecule has 6 heteroatoms. The number of aliphatic hydroxyl groups excluding tert-OH is 1. The molecule has 1 fully saturated rings. The van der Waals surface area contributed by atoms with Gasteiger partial charge in [-0.15, -0.1) is 12.4 Å². The van der Waals surface area contributed by atoms with Crippen LogP contribution in [-0.2, 0) is 10.3 Å². The smallest absolute Gasteiger partial charge is 0.185 e. The number of benzene rings is 1. The SMILES string of the molecule is Cl.NC1(c2c(F)cccc2F)CCCC(O)C1=O. The van der Waals surface area contributed by atoms with Crippen molar-refractivity contribution in [1.29, 1.82) is 0 Å². The van der Waals surface area contributed by atoms with E-state index in [0.29, 0.717) is 6.42 Å². The molecule has 1 saturated carbocycles. The molecule has 18 heavy (non-hydrogen) atoms. The molecule has 0 amide bonds. The highest BCUT2D eigenvalue weighted by Gasteiger charge is 2.45. The fourth-order valence-corrected chi connectivity index (χ4v) is 2.30. The molecule has 1 aromatic carbocycles. The van der Waals surface area contributed by atoms with E-state index in [4.69, 9.17) is 5.73 Å². The zero-order chi connectivity index (χ0) is 12.6. The van der Waals surface area contributed by atoms with Crippen molar-refractivity contribution in [2.75, 3.05) is 0 Å². The van der Waals surface area contributed by atoms with Gasteiger partial charge in [-0.2, -0.15) is 0 Å². The normalized spacial score (nSPS) is 27.8. The zero-order valence-electron chi connectivity index (χ0n) is 9.53. The number of carbonyl (C=O) groups is 1. The van der Waals surface area contributed by atoms with Gasteiger partial charge in [-0.3, -0.25) is 4.79 Å². The number of carbonyl (C=O) groups excluding carboxylic acids is 1. The number of aliphatic hydroxyl groups is 1. The van der Waals surface area contributed by atoms with Crippen LogP contribution in [0, 0.1) is 11.6 Å². The molecule has 2 rings (SSSR count). The minimum atomic E-state index is -1.76. The molecular weight excluding hydrogens is 264 g/mol. The summed E-state index contributed by atoms with van der Waals surface area (Å²) in [5, 5.41) is 9.48. The van der Waals surface area contributed by atoms with Crippen molar-refractivity contribution in [3.63, 3.8) is 0 Å². The fourth-order valence-electron chi connectivity index (χ4n) is 2.30. The van der Waals surface area contributed by atoms with Crippen LogP contribution in [0.4, 0.5) is 8.78 Å². The number of rotatable bonds is 1. The summed E-state index contributed by atoms with van der Waals surface area (Å²) in [5.41, 5.74) is 3.63. The molecule has 0 spiro atoms. The molecule has 1 aromatic rings. The number of halogens is 3. The van der Waals surface area contributed by atoms with Crippen molar-refractivity contribution in [3.05, 3.63) is 35.4 Å². The first-order valence-electron chi connectivity index (χ1n) is 5.42. The molecule has 0 saturated heterocycles. The van der Waals surface area contributed by atoms with Crippen LogP contribution >= 0.6 is 12.4 Å². The van der Waals surface area contributed by atoms with Crippen molar-refractivity contribution < 1.29 is 18.7 Å². The second-order valence-corrected chi connectivity index (χ2v) is 4.34. The number of hydrogen-bond acceptors (Lipinski definition) is 3. The monoisotopic (exact) mass is 277 g/mol. The summed E-state index contributed by atoms with van der Waals surface area (Å²) in [7, 11) is 0. The first kappa shape index (κ1) is 15.0. The van der Waals surface area contributed by atoms with Crippen LogP contribution < -0.4 is 5.73 Å². The quantitative estimate of drug-likeness (QED) is 0.820. The molecule has 0 bridgehead atoms. The summed E-state index contributed by atoms with van der Waals surface area (Å²) in [4.78, 5) is 11.8. The molecule has 0 aromatic heterocycles. The lowest BCUT2D eigenvalue weighted by Crippen LogP contribution is -2.53. The molecule has 3 N–H and O–H groups in total. The number of hydrogen-bond donors (Lipinski definition) is 2. The van der Waals surface area contributed by atoms with Gasteiger partial charge in [0.25, 0.3) is 0 Å². The standard InChI is InChI=1S/C12H13F2NO2.ClH/c13-7-3-1-4-8(14)10(7)12(15)6-2-5-9(16)11(12)17;/h1,3-4,9,16H,2,5-6,15H2;1H. The highest BCUT2D eigenvalue weighted by atomic mass is 35.5. The Bertz CT molecular complexity index is 449. The van der Waals surface area contributed by atoms with Crippen molar-refractivity contribution in [1.82, 2.24) is 0 Å². The Morgan fingerprint density at radius 3 is 2.44 bits per heavy atom. The largest absolute Gasteiger partial charge is 0.385 e. The fraction of sp³-hybridized carbons (Fsp3) is 0.417. The Morgan fingerprint density at radius 1 is 1.33 bits per heavy atom. The molecule has 2 unspecified atom stereocenters. The van der Waals surface area contributed by atoms with Crippen LogP contribution in [-0.4, -0.2) is 17.0 Å². The van der Waals surface area contributed by atoms with Crippen molar-refractivity contribution in [2.45, 2.75) is 30.9 Å². The van der Waals surface area contributed by atoms with Gasteiger partial charge < -0.3 is 10.8 Å².